The second-order valence-electron chi connectivity index (χ2n) is 6.05. The quantitative estimate of drug-likeness (QED) is 0.237. The van der Waals surface area contributed by atoms with Gasteiger partial charge in [0, 0.05) is 36.7 Å². The fraction of sp³-hybridized carbons (Fsp3) is 0.350. The van der Waals surface area contributed by atoms with Crippen LogP contribution in [0.5, 0.6) is 0 Å². The maximum atomic E-state index is 5.37. The number of aryl methyl sites for hydroxylation is 1. The van der Waals surface area contributed by atoms with E-state index < -0.39 is 0 Å². The second kappa shape index (κ2) is 11.2. The lowest BCUT2D eigenvalue weighted by Gasteiger charge is -2.13. The molecule has 1 aromatic carbocycles. The lowest BCUT2D eigenvalue weighted by atomic mass is 10.4. The van der Waals surface area contributed by atoms with Crippen LogP contribution < -0.4 is 10.6 Å². The zero-order chi connectivity index (χ0) is 19.4. The third-order valence-electron chi connectivity index (χ3n) is 4.04. The molecule has 0 aliphatic rings. The van der Waals surface area contributed by atoms with Crippen LogP contribution in [0.3, 0.4) is 0 Å². The fourth-order valence-corrected chi connectivity index (χ4v) is 3.41. The molecule has 0 bridgehead atoms. The highest BCUT2D eigenvalue weighted by Crippen LogP contribution is 2.15. The van der Waals surface area contributed by atoms with E-state index in [0.717, 1.165) is 49.4 Å². The van der Waals surface area contributed by atoms with E-state index in [1.54, 1.807) is 12.6 Å². The maximum absolute atomic E-state index is 5.37. The minimum absolute atomic E-state index is 0.501. The van der Waals surface area contributed by atoms with Crippen molar-refractivity contribution >= 4 is 17.7 Å². The van der Waals surface area contributed by atoms with Crippen LogP contribution in [0.15, 0.2) is 69.4 Å². The normalized spacial score (nSPS) is 11.5. The van der Waals surface area contributed by atoms with Gasteiger partial charge in [0.05, 0.1) is 6.26 Å². The molecule has 28 heavy (non-hydrogen) atoms. The van der Waals surface area contributed by atoms with Crippen molar-refractivity contribution in [2.24, 2.45) is 4.99 Å². The Morgan fingerprint density at radius 2 is 2.00 bits per heavy atom. The molecule has 0 aliphatic carbocycles. The highest BCUT2D eigenvalue weighted by molar-refractivity contribution is 7.99. The van der Waals surface area contributed by atoms with Gasteiger partial charge in [0.15, 0.2) is 5.96 Å². The van der Waals surface area contributed by atoms with Crippen LogP contribution in [-0.2, 0) is 19.5 Å². The molecule has 0 radical (unpaired) electrons. The SMILES string of the molecule is CCc1nncn1CCNC(=NCc1ccco1)NCCSc1ccccc1. The number of thioether (sulfide) groups is 1. The van der Waals surface area contributed by atoms with Gasteiger partial charge in [0.1, 0.15) is 24.5 Å². The number of guanidine groups is 1. The Labute approximate surface area is 169 Å². The summed E-state index contributed by atoms with van der Waals surface area (Å²) in [7, 11) is 0. The van der Waals surface area contributed by atoms with Crippen molar-refractivity contribution in [2.45, 2.75) is 31.3 Å². The molecule has 0 atom stereocenters. The van der Waals surface area contributed by atoms with Gasteiger partial charge in [-0.3, -0.25) is 0 Å². The van der Waals surface area contributed by atoms with Crippen LogP contribution in [0.25, 0.3) is 0 Å². The Morgan fingerprint density at radius 1 is 1.14 bits per heavy atom. The summed E-state index contributed by atoms with van der Waals surface area (Å²) in [4.78, 5) is 5.89. The molecule has 0 saturated heterocycles. The number of hydrogen-bond donors (Lipinski definition) is 2. The first-order valence-corrected chi connectivity index (χ1v) is 10.4. The van der Waals surface area contributed by atoms with Crippen molar-refractivity contribution in [1.29, 1.82) is 0 Å². The monoisotopic (exact) mass is 398 g/mol. The standard InChI is InChI=1S/C20H26N6OS/c1-2-19-25-24-16-26(19)12-10-21-20(23-15-17-7-6-13-27-17)22-11-14-28-18-8-4-3-5-9-18/h3-9,13,16H,2,10-12,14-15H2,1H3,(H2,21,22,23). The maximum Gasteiger partial charge on any atom is 0.191 e. The molecule has 3 aromatic rings. The fourth-order valence-electron chi connectivity index (χ4n) is 2.62. The van der Waals surface area contributed by atoms with Crippen molar-refractivity contribution in [1.82, 2.24) is 25.4 Å². The summed E-state index contributed by atoms with van der Waals surface area (Å²) in [5.41, 5.74) is 0. The van der Waals surface area contributed by atoms with Crippen LogP contribution in [-0.4, -0.2) is 39.6 Å². The third-order valence-corrected chi connectivity index (χ3v) is 5.05. The predicted molar refractivity (Wildman–Crippen MR) is 112 cm³/mol. The number of furan rings is 1. The summed E-state index contributed by atoms with van der Waals surface area (Å²) in [5, 5.41) is 14.9. The molecule has 0 saturated carbocycles. The Hall–Kier alpha value is -2.74. The van der Waals surface area contributed by atoms with Gasteiger partial charge in [0.2, 0.25) is 0 Å². The zero-order valence-electron chi connectivity index (χ0n) is 16.0. The van der Waals surface area contributed by atoms with Gasteiger partial charge in [-0.05, 0) is 24.3 Å². The van der Waals surface area contributed by atoms with E-state index in [-0.39, 0.29) is 0 Å². The van der Waals surface area contributed by atoms with Gasteiger partial charge in [-0.15, -0.1) is 22.0 Å². The highest BCUT2D eigenvalue weighted by Gasteiger charge is 2.03. The van der Waals surface area contributed by atoms with Gasteiger partial charge in [-0.25, -0.2) is 4.99 Å². The third kappa shape index (κ3) is 6.45. The van der Waals surface area contributed by atoms with Crippen molar-refractivity contribution < 1.29 is 4.42 Å². The summed E-state index contributed by atoms with van der Waals surface area (Å²) in [6.07, 6.45) is 4.30. The predicted octanol–water partition coefficient (Wildman–Crippen LogP) is 2.96. The van der Waals surface area contributed by atoms with E-state index >= 15 is 0 Å². The van der Waals surface area contributed by atoms with Crippen LogP contribution in [0.1, 0.15) is 18.5 Å². The Morgan fingerprint density at radius 3 is 2.79 bits per heavy atom. The Bertz CT molecular complexity index is 832. The lowest BCUT2D eigenvalue weighted by molar-refractivity contribution is 0.511. The number of nitrogens with one attached hydrogen (secondary N) is 2. The van der Waals surface area contributed by atoms with Gasteiger partial charge in [0.25, 0.3) is 0 Å². The topological polar surface area (TPSA) is 80.3 Å². The molecular formula is C20H26N6OS. The molecule has 7 nitrogen and oxygen atoms in total. The molecule has 8 heteroatoms. The summed E-state index contributed by atoms with van der Waals surface area (Å²) in [6.45, 7) is 4.92. The Balaban J connectivity index is 1.48. The molecule has 0 fully saturated rings. The van der Waals surface area contributed by atoms with Crippen LogP contribution in [0.2, 0.25) is 0 Å². The molecular weight excluding hydrogens is 372 g/mol. The number of hydrogen-bond acceptors (Lipinski definition) is 5. The molecule has 0 amide bonds. The first-order valence-electron chi connectivity index (χ1n) is 9.44. The Kier molecular flexibility index (Phi) is 7.99. The molecule has 0 aliphatic heterocycles. The molecule has 2 aromatic heterocycles. The van der Waals surface area contributed by atoms with E-state index in [4.69, 9.17) is 4.42 Å². The minimum Gasteiger partial charge on any atom is -0.467 e. The first-order chi connectivity index (χ1) is 13.8. The van der Waals surface area contributed by atoms with Crippen LogP contribution in [0.4, 0.5) is 0 Å². The molecule has 2 N–H and O–H groups in total. The highest BCUT2D eigenvalue weighted by atomic mass is 32.2. The van der Waals surface area contributed by atoms with E-state index in [1.165, 1.54) is 4.90 Å². The molecule has 3 rings (SSSR count). The van der Waals surface area contributed by atoms with Gasteiger partial charge < -0.3 is 19.6 Å². The second-order valence-corrected chi connectivity index (χ2v) is 7.22. The van der Waals surface area contributed by atoms with E-state index in [9.17, 15) is 0 Å². The number of nitrogens with zero attached hydrogens (tertiary/aromatic N) is 4. The van der Waals surface area contributed by atoms with Gasteiger partial charge >= 0.3 is 0 Å². The molecule has 148 valence electrons. The summed E-state index contributed by atoms with van der Waals surface area (Å²) in [5.74, 6) is 3.56. The van der Waals surface area contributed by atoms with Crippen molar-refractivity contribution in [2.75, 3.05) is 18.8 Å². The van der Waals surface area contributed by atoms with Crippen molar-refractivity contribution in [3.05, 3.63) is 66.6 Å². The summed E-state index contributed by atoms with van der Waals surface area (Å²) < 4.78 is 7.43. The average molecular weight is 399 g/mol. The summed E-state index contributed by atoms with van der Waals surface area (Å²) >= 11 is 1.82. The average Bonchev–Trinajstić information content (AvgIpc) is 3.41. The van der Waals surface area contributed by atoms with E-state index in [2.05, 4.69) is 61.6 Å². The van der Waals surface area contributed by atoms with Gasteiger partial charge in [-0.2, -0.15) is 0 Å². The number of benzene rings is 1. The zero-order valence-corrected chi connectivity index (χ0v) is 16.9. The number of rotatable bonds is 10. The van der Waals surface area contributed by atoms with Gasteiger partial charge in [-0.1, -0.05) is 25.1 Å². The minimum atomic E-state index is 0.501. The van der Waals surface area contributed by atoms with Crippen molar-refractivity contribution in [3.8, 4) is 0 Å². The van der Waals surface area contributed by atoms with Crippen molar-refractivity contribution in [3.63, 3.8) is 0 Å². The van der Waals surface area contributed by atoms with E-state index in [1.807, 2.05) is 30.0 Å². The van der Waals surface area contributed by atoms with Crippen LogP contribution >= 0.6 is 11.8 Å². The largest absolute Gasteiger partial charge is 0.467 e. The lowest BCUT2D eigenvalue weighted by Crippen LogP contribution is -2.40. The summed E-state index contributed by atoms with van der Waals surface area (Å²) in [6, 6.07) is 14.2. The van der Waals surface area contributed by atoms with Crippen LogP contribution in [0, 0.1) is 0 Å². The smallest absolute Gasteiger partial charge is 0.191 e. The molecule has 0 unspecified atom stereocenters. The number of aliphatic imine (C=N–C) groups is 1. The number of aromatic nitrogens is 3. The van der Waals surface area contributed by atoms with E-state index in [0.29, 0.717) is 6.54 Å². The molecule has 2 heterocycles. The first kappa shape index (κ1) is 20.0. The molecule has 0 spiro atoms.